The molecule has 0 spiro atoms. The van der Waals surface area contributed by atoms with Crippen molar-refractivity contribution >= 4 is 75.1 Å². The highest BCUT2D eigenvalue weighted by molar-refractivity contribution is 7.26. The van der Waals surface area contributed by atoms with Gasteiger partial charge in [-0.1, -0.05) is 123 Å². The number of nitrogens with zero attached hydrogens (tertiary/aromatic N) is 2. The Labute approximate surface area is 351 Å². The molecule has 2 nitrogen and oxygen atoms in total. The van der Waals surface area contributed by atoms with Gasteiger partial charge < -0.3 is 9.13 Å². The topological polar surface area (TPSA) is 9.86 Å². The van der Waals surface area contributed by atoms with Gasteiger partial charge in [-0.15, -0.1) is 11.3 Å². The third-order valence-corrected chi connectivity index (χ3v) is 14.4. The highest BCUT2D eigenvalue weighted by Gasteiger charge is 2.36. The summed E-state index contributed by atoms with van der Waals surface area (Å²) in [6.07, 6.45) is 0. The first kappa shape index (κ1) is 33.7. The second-order valence-electron chi connectivity index (χ2n) is 16.9. The van der Waals surface area contributed by atoms with Gasteiger partial charge in [-0.2, -0.15) is 0 Å². The molecule has 1 aliphatic carbocycles. The maximum atomic E-state index is 2.47. The molecule has 0 saturated heterocycles. The third-order valence-electron chi connectivity index (χ3n) is 13.3. The van der Waals surface area contributed by atoms with Crippen LogP contribution >= 0.6 is 11.3 Å². The van der Waals surface area contributed by atoms with Gasteiger partial charge in [-0.05, 0) is 129 Å². The molecular weight excluding hydrogens is 745 g/mol. The number of thiophene rings is 1. The van der Waals surface area contributed by atoms with Crippen LogP contribution < -0.4 is 0 Å². The van der Waals surface area contributed by atoms with Gasteiger partial charge in [0, 0.05) is 58.5 Å². The molecule has 0 bridgehead atoms. The minimum atomic E-state index is -0.0758. The molecule has 3 heteroatoms. The Bertz CT molecular complexity index is 3730. The normalized spacial score (nSPS) is 13.3. The van der Waals surface area contributed by atoms with Crippen LogP contribution in [0.4, 0.5) is 0 Å². The summed E-state index contributed by atoms with van der Waals surface area (Å²) >= 11 is 1.89. The fourth-order valence-electron chi connectivity index (χ4n) is 10.5. The molecule has 0 atom stereocenters. The van der Waals surface area contributed by atoms with Gasteiger partial charge in [0.05, 0.1) is 22.1 Å². The van der Waals surface area contributed by atoms with Crippen molar-refractivity contribution in [3.05, 3.63) is 205 Å². The van der Waals surface area contributed by atoms with E-state index in [0.717, 1.165) is 0 Å². The summed E-state index contributed by atoms with van der Waals surface area (Å²) in [6.45, 7) is 4.74. The van der Waals surface area contributed by atoms with Crippen molar-refractivity contribution in [3.8, 4) is 44.8 Å². The molecule has 0 amide bonds. The molecule has 60 heavy (non-hydrogen) atoms. The number of hydrogen-bond acceptors (Lipinski definition) is 1. The van der Waals surface area contributed by atoms with Crippen LogP contribution in [-0.4, -0.2) is 9.13 Å². The summed E-state index contributed by atoms with van der Waals surface area (Å²) in [5, 5.41) is 7.72. The van der Waals surface area contributed by atoms with E-state index < -0.39 is 0 Å². The molecule has 0 fully saturated rings. The lowest BCUT2D eigenvalue weighted by Crippen LogP contribution is -2.14. The quantitative estimate of drug-likeness (QED) is 0.168. The van der Waals surface area contributed by atoms with Gasteiger partial charge in [0.1, 0.15) is 0 Å². The fourth-order valence-corrected chi connectivity index (χ4v) is 11.6. The van der Waals surface area contributed by atoms with Crippen LogP contribution in [0.2, 0.25) is 0 Å². The molecule has 1 aliphatic rings. The number of rotatable bonds is 4. The van der Waals surface area contributed by atoms with E-state index in [-0.39, 0.29) is 5.41 Å². The molecule has 0 saturated carbocycles. The van der Waals surface area contributed by atoms with Crippen LogP contribution in [0, 0.1) is 0 Å². The first-order valence-electron chi connectivity index (χ1n) is 20.8. The summed E-state index contributed by atoms with van der Waals surface area (Å²) in [6, 6.07) is 72.3. The Hall–Kier alpha value is -7.20. The number of benzene rings is 9. The van der Waals surface area contributed by atoms with Gasteiger partial charge in [0.15, 0.2) is 0 Å². The minimum Gasteiger partial charge on any atom is -0.309 e. The zero-order chi connectivity index (χ0) is 39.7. The zero-order valence-electron chi connectivity index (χ0n) is 33.3. The number of fused-ring (bicyclic) bond motifs is 12. The van der Waals surface area contributed by atoms with E-state index in [4.69, 9.17) is 0 Å². The molecule has 0 radical (unpaired) electrons. The number of aromatic nitrogens is 2. The van der Waals surface area contributed by atoms with E-state index in [2.05, 4.69) is 217 Å². The van der Waals surface area contributed by atoms with E-state index in [0.29, 0.717) is 0 Å². The Morgan fingerprint density at radius 2 is 0.917 bits per heavy atom. The predicted molar refractivity (Wildman–Crippen MR) is 256 cm³/mol. The second kappa shape index (κ2) is 12.4. The average molecular weight is 783 g/mol. The van der Waals surface area contributed by atoms with Crippen LogP contribution in [0.1, 0.15) is 25.0 Å². The zero-order valence-corrected chi connectivity index (χ0v) is 34.1. The highest BCUT2D eigenvalue weighted by Crippen LogP contribution is 2.51. The monoisotopic (exact) mass is 782 g/mol. The predicted octanol–water partition coefficient (Wildman–Crippen LogP) is 15.9. The van der Waals surface area contributed by atoms with Crippen molar-refractivity contribution in [2.24, 2.45) is 0 Å². The first-order chi connectivity index (χ1) is 29.5. The highest BCUT2D eigenvalue weighted by atomic mass is 32.1. The van der Waals surface area contributed by atoms with E-state index in [9.17, 15) is 0 Å². The lowest BCUT2D eigenvalue weighted by molar-refractivity contribution is 0.661. The Balaban J connectivity index is 1.00. The maximum absolute atomic E-state index is 2.47. The van der Waals surface area contributed by atoms with Crippen LogP contribution in [0.3, 0.4) is 0 Å². The summed E-state index contributed by atoms with van der Waals surface area (Å²) in [5.41, 5.74) is 17.7. The van der Waals surface area contributed by atoms with Crippen LogP contribution in [0.25, 0.3) is 109 Å². The van der Waals surface area contributed by atoms with Crippen molar-refractivity contribution in [3.63, 3.8) is 0 Å². The molecule has 12 aromatic rings. The van der Waals surface area contributed by atoms with Crippen molar-refractivity contribution in [2.75, 3.05) is 0 Å². The van der Waals surface area contributed by atoms with Crippen LogP contribution in [0.15, 0.2) is 194 Å². The van der Waals surface area contributed by atoms with Gasteiger partial charge >= 0.3 is 0 Å². The average Bonchev–Trinajstić information content (AvgIpc) is 4.00. The fraction of sp³-hybridized carbons (Fsp3) is 0.0526. The Morgan fingerprint density at radius 3 is 1.70 bits per heavy atom. The van der Waals surface area contributed by atoms with Crippen molar-refractivity contribution in [2.45, 2.75) is 19.3 Å². The molecule has 3 heterocycles. The van der Waals surface area contributed by atoms with Crippen molar-refractivity contribution < 1.29 is 0 Å². The van der Waals surface area contributed by atoms with Crippen LogP contribution in [-0.2, 0) is 5.41 Å². The standard InChI is InChI=1S/C57H38N2S/c1-57(2)48-21-11-9-18-41(48)43-33-46-45-30-35(24-27-52(45)59(53(46)34-49(43)57)39-16-7-4-8-17-39)36-26-29-54-47(31-36)56-40(20-13-23-55(56)60-54)37-25-28-51-44(32-37)42-19-10-12-22-50(42)58(51)38-14-5-3-6-15-38/h3-34H,1-2H3. The first-order valence-corrected chi connectivity index (χ1v) is 21.7. The maximum Gasteiger partial charge on any atom is 0.0544 e. The third kappa shape index (κ3) is 4.70. The molecule has 9 aromatic carbocycles. The smallest absolute Gasteiger partial charge is 0.0544 e. The van der Waals surface area contributed by atoms with Gasteiger partial charge in [0.25, 0.3) is 0 Å². The Morgan fingerprint density at radius 1 is 0.350 bits per heavy atom. The molecule has 282 valence electrons. The van der Waals surface area contributed by atoms with E-state index >= 15 is 0 Å². The van der Waals surface area contributed by atoms with Gasteiger partial charge in [-0.25, -0.2) is 0 Å². The summed E-state index contributed by atoms with van der Waals surface area (Å²) < 4.78 is 7.47. The number of para-hydroxylation sites is 3. The summed E-state index contributed by atoms with van der Waals surface area (Å²) in [4.78, 5) is 0. The summed E-state index contributed by atoms with van der Waals surface area (Å²) in [7, 11) is 0. The van der Waals surface area contributed by atoms with E-state index in [1.807, 2.05) is 11.3 Å². The largest absolute Gasteiger partial charge is 0.309 e. The van der Waals surface area contributed by atoms with E-state index in [1.165, 1.54) is 120 Å². The minimum absolute atomic E-state index is 0.0758. The summed E-state index contributed by atoms with van der Waals surface area (Å²) in [5.74, 6) is 0. The van der Waals surface area contributed by atoms with Crippen molar-refractivity contribution in [1.82, 2.24) is 9.13 Å². The molecule has 13 rings (SSSR count). The van der Waals surface area contributed by atoms with Gasteiger partial charge in [0.2, 0.25) is 0 Å². The number of hydrogen-bond donors (Lipinski definition) is 0. The van der Waals surface area contributed by atoms with Crippen molar-refractivity contribution in [1.29, 1.82) is 0 Å². The molecular formula is C57H38N2S. The SMILES string of the molecule is CC1(C)c2ccccc2-c2cc3c4cc(-c5ccc6sc7cccc(-c8ccc9c(c8)c8ccccc8n9-c8ccccc8)c7c6c5)ccc4n(-c4ccccc4)c3cc21. The molecule has 0 N–H and O–H groups in total. The molecule has 0 aliphatic heterocycles. The lowest BCUT2D eigenvalue weighted by Gasteiger charge is -2.21. The van der Waals surface area contributed by atoms with E-state index in [1.54, 1.807) is 0 Å². The lowest BCUT2D eigenvalue weighted by atomic mass is 9.82. The molecule has 0 unspecified atom stereocenters. The van der Waals surface area contributed by atoms with Crippen LogP contribution in [0.5, 0.6) is 0 Å². The second-order valence-corrected chi connectivity index (χ2v) is 18.0. The Kier molecular flexibility index (Phi) is 6.98. The molecule has 3 aromatic heterocycles. The van der Waals surface area contributed by atoms with Gasteiger partial charge in [-0.3, -0.25) is 0 Å².